The summed E-state index contributed by atoms with van der Waals surface area (Å²) in [4.78, 5) is 33.6. The predicted molar refractivity (Wildman–Crippen MR) is 103 cm³/mol. The molecule has 1 aromatic heterocycles. The summed E-state index contributed by atoms with van der Waals surface area (Å²) in [7, 11) is 1.63. The third-order valence-electron chi connectivity index (χ3n) is 4.89. The number of piperidine rings is 1. The maximum Gasteiger partial charge on any atom is 0.319 e. The first-order chi connectivity index (χ1) is 13.0. The van der Waals surface area contributed by atoms with E-state index >= 15 is 0 Å². The van der Waals surface area contributed by atoms with Crippen molar-refractivity contribution in [2.45, 2.75) is 19.4 Å². The van der Waals surface area contributed by atoms with Gasteiger partial charge in [0.15, 0.2) is 0 Å². The highest BCUT2D eigenvalue weighted by Gasteiger charge is 2.21. The minimum Gasteiger partial charge on any atom is -0.491 e. The molecule has 0 radical (unpaired) electrons. The number of amides is 2. The normalized spacial score (nSPS) is 15.4. The number of benzene rings is 1. The highest BCUT2D eigenvalue weighted by molar-refractivity contribution is 5.91. The van der Waals surface area contributed by atoms with E-state index in [-0.39, 0.29) is 5.56 Å². The van der Waals surface area contributed by atoms with Crippen LogP contribution in [0.1, 0.15) is 18.5 Å². The number of para-hydroxylation sites is 2. The fraction of sp³-hybridized carbons (Fsp3) is 0.421. The summed E-state index contributed by atoms with van der Waals surface area (Å²) in [6.07, 6.45) is 5.12. The first kappa shape index (κ1) is 18.9. The Bertz CT molecular complexity index is 830. The highest BCUT2D eigenvalue weighted by Crippen LogP contribution is 2.28. The number of likely N-dealkylation sites (tertiary alicyclic amines) is 1. The van der Waals surface area contributed by atoms with Gasteiger partial charge in [-0.2, -0.15) is 0 Å². The van der Waals surface area contributed by atoms with Gasteiger partial charge in [0.05, 0.1) is 12.3 Å². The lowest BCUT2D eigenvalue weighted by Gasteiger charge is -2.31. The quantitative estimate of drug-likeness (QED) is 0.802. The Labute approximate surface area is 158 Å². The Balaban J connectivity index is 1.51. The van der Waals surface area contributed by atoms with Gasteiger partial charge in [-0.3, -0.25) is 19.6 Å². The zero-order chi connectivity index (χ0) is 19.2. The Morgan fingerprint density at radius 2 is 2.11 bits per heavy atom. The summed E-state index contributed by atoms with van der Waals surface area (Å²) in [5, 5.41) is 0. The molecular weight excluding hydrogens is 346 g/mol. The maximum atomic E-state index is 11.7. The van der Waals surface area contributed by atoms with Crippen LogP contribution in [0.2, 0.25) is 0 Å². The first-order valence-corrected chi connectivity index (χ1v) is 9.04. The smallest absolute Gasteiger partial charge is 0.319 e. The second-order valence-electron chi connectivity index (χ2n) is 6.76. The number of H-pyrrole nitrogens is 1. The zero-order valence-electron chi connectivity index (χ0n) is 15.4. The number of carbonyl (C=O) groups excluding carboxylic acids is 1. The second-order valence-corrected chi connectivity index (χ2v) is 6.76. The summed E-state index contributed by atoms with van der Waals surface area (Å²) in [6.45, 7) is 2.94. The molecule has 2 amide bonds. The Morgan fingerprint density at radius 3 is 2.81 bits per heavy atom. The molecule has 0 saturated carbocycles. The van der Waals surface area contributed by atoms with Crippen LogP contribution in [0.15, 0.2) is 41.5 Å². The molecule has 2 aromatic rings. The lowest BCUT2D eigenvalue weighted by Crippen LogP contribution is -2.37. The summed E-state index contributed by atoms with van der Waals surface area (Å²) in [5.41, 5.74) is 6.45. The standard InChI is InChI=1S/C19H25N5O3/c1-23(19(20)26)16-4-2-3-5-17(16)27-13-14-6-10-24(11-7-14)12-15-18(25)22-9-8-21-15/h2-5,8-9,14H,6-7,10-13H2,1H3,(H2,20,26)(H,22,25). The monoisotopic (exact) mass is 371 g/mol. The number of ether oxygens (including phenoxy) is 1. The molecule has 3 rings (SSSR count). The van der Waals surface area contributed by atoms with Crippen molar-refractivity contribution in [3.8, 4) is 5.75 Å². The fourth-order valence-electron chi connectivity index (χ4n) is 3.20. The van der Waals surface area contributed by atoms with E-state index in [0.717, 1.165) is 25.9 Å². The van der Waals surface area contributed by atoms with Crippen LogP contribution in [0, 0.1) is 5.92 Å². The molecule has 8 heteroatoms. The number of aromatic nitrogens is 2. The zero-order valence-corrected chi connectivity index (χ0v) is 15.4. The minimum absolute atomic E-state index is 0.127. The SMILES string of the molecule is CN(C(N)=O)c1ccccc1OCC1CCN(Cc2ncc[nH]c2=O)CC1. The number of urea groups is 1. The van der Waals surface area contributed by atoms with Crippen molar-refractivity contribution >= 4 is 11.7 Å². The second kappa shape index (κ2) is 8.68. The fourth-order valence-corrected chi connectivity index (χ4v) is 3.20. The third kappa shape index (κ3) is 4.85. The molecule has 144 valence electrons. The van der Waals surface area contributed by atoms with Crippen LogP contribution < -0.4 is 20.9 Å². The molecule has 0 bridgehead atoms. The van der Waals surface area contributed by atoms with Crippen LogP contribution >= 0.6 is 0 Å². The molecule has 1 aliphatic heterocycles. The average Bonchev–Trinajstić information content (AvgIpc) is 2.69. The number of nitrogens with zero attached hydrogens (tertiary/aromatic N) is 3. The van der Waals surface area contributed by atoms with E-state index in [0.29, 0.717) is 36.2 Å². The van der Waals surface area contributed by atoms with E-state index in [1.807, 2.05) is 24.3 Å². The lowest BCUT2D eigenvalue weighted by atomic mass is 9.97. The van der Waals surface area contributed by atoms with E-state index < -0.39 is 6.03 Å². The van der Waals surface area contributed by atoms with Gasteiger partial charge in [0, 0.05) is 26.0 Å². The van der Waals surface area contributed by atoms with Crippen molar-refractivity contribution in [1.29, 1.82) is 0 Å². The number of primary amides is 1. The molecular formula is C19H25N5O3. The number of hydrogen-bond acceptors (Lipinski definition) is 5. The van der Waals surface area contributed by atoms with Crippen molar-refractivity contribution in [3.05, 3.63) is 52.7 Å². The van der Waals surface area contributed by atoms with Gasteiger partial charge in [0.2, 0.25) is 0 Å². The summed E-state index contributed by atoms with van der Waals surface area (Å²) in [6, 6.07) is 6.86. The van der Waals surface area contributed by atoms with Crippen molar-refractivity contribution in [3.63, 3.8) is 0 Å². The van der Waals surface area contributed by atoms with Crippen molar-refractivity contribution in [2.24, 2.45) is 11.7 Å². The van der Waals surface area contributed by atoms with E-state index in [4.69, 9.17) is 10.5 Å². The van der Waals surface area contributed by atoms with E-state index in [1.165, 1.54) is 4.90 Å². The first-order valence-electron chi connectivity index (χ1n) is 9.04. The molecule has 1 aliphatic rings. The van der Waals surface area contributed by atoms with Crippen molar-refractivity contribution in [1.82, 2.24) is 14.9 Å². The number of anilines is 1. The molecule has 27 heavy (non-hydrogen) atoms. The Morgan fingerprint density at radius 1 is 1.37 bits per heavy atom. The van der Waals surface area contributed by atoms with Gasteiger partial charge >= 0.3 is 6.03 Å². The molecule has 1 fully saturated rings. The van der Waals surface area contributed by atoms with Gasteiger partial charge in [-0.15, -0.1) is 0 Å². The molecule has 8 nitrogen and oxygen atoms in total. The number of carbonyl (C=O) groups is 1. The third-order valence-corrected chi connectivity index (χ3v) is 4.89. The lowest BCUT2D eigenvalue weighted by molar-refractivity contribution is 0.135. The van der Waals surface area contributed by atoms with Gasteiger partial charge in [0.25, 0.3) is 5.56 Å². The van der Waals surface area contributed by atoms with Crippen LogP contribution in [-0.2, 0) is 6.54 Å². The Hall–Kier alpha value is -2.87. The molecule has 0 atom stereocenters. The minimum atomic E-state index is -0.524. The van der Waals surface area contributed by atoms with E-state index in [2.05, 4.69) is 14.9 Å². The van der Waals surface area contributed by atoms with Crippen LogP contribution in [0.25, 0.3) is 0 Å². The van der Waals surface area contributed by atoms with E-state index in [1.54, 1.807) is 19.4 Å². The van der Waals surface area contributed by atoms with Crippen LogP contribution in [0.4, 0.5) is 10.5 Å². The summed E-state index contributed by atoms with van der Waals surface area (Å²) in [5.74, 6) is 1.08. The number of nitrogens with two attached hydrogens (primary N) is 1. The van der Waals surface area contributed by atoms with Gasteiger partial charge < -0.3 is 15.5 Å². The van der Waals surface area contributed by atoms with Gasteiger partial charge in [-0.25, -0.2) is 4.79 Å². The van der Waals surface area contributed by atoms with Crippen LogP contribution in [0.3, 0.4) is 0 Å². The molecule has 3 N–H and O–H groups in total. The number of rotatable bonds is 6. The topological polar surface area (TPSA) is 105 Å². The molecule has 0 aliphatic carbocycles. The Kier molecular flexibility index (Phi) is 6.08. The molecule has 1 saturated heterocycles. The summed E-state index contributed by atoms with van der Waals surface area (Å²) < 4.78 is 5.99. The highest BCUT2D eigenvalue weighted by atomic mass is 16.5. The van der Waals surface area contributed by atoms with Gasteiger partial charge in [-0.05, 0) is 44.0 Å². The van der Waals surface area contributed by atoms with Gasteiger partial charge in [-0.1, -0.05) is 12.1 Å². The maximum absolute atomic E-state index is 11.7. The van der Waals surface area contributed by atoms with Crippen molar-refractivity contribution < 1.29 is 9.53 Å². The average molecular weight is 371 g/mol. The number of aromatic amines is 1. The summed E-state index contributed by atoms with van der Waals surface area (Å²) >= 11 is 0. The number of nitrogens with one attached hydrogen (secondary N) is 1. The van der Waals surface area contributed by atoms with Crippen molar-refractivity contribution in [2.75, 3.05) is 31.6 Å². The molecule has 1 aromatic carbocycles. The molecule has 0 unspecified atom stereocenters. The number of hydrogen-bond donors (Lipinski definition) is 2. The van der Waals surface area contributed by atoms with Crippen LogP contribution in [0.5, 0.6) is 5.75 Å². The van der Waals surface area contributed by atoms with Crippen LogP contribution in [-0.4, -0.2) is 47.6 Å². The molecule has 2 heterocycles. The predicted octanol–water partition coefficient (Wildman–Crippen LogP) is 1.58. The molecule has 0 spiro atoms. The largest absolute Gasteiger partial charge is 0.491 e. The van der Waals surface area contributed by atoms with Gasteiger partial charge in [0.1, 0.15) is 11.4 Å². The van der Waals surface area contributed by atoms with E-state index in [9.17, 15) is 9.59 Å².